The van der Waals surface area contributed by atoms with E-state index in [1.807, 2.05) is 18.2 Å². The van der Waals surface area contributed by atoms with Gasteiger partial charge in [-0.15, -0.1) is 0 Å². The molecule has 1 aromatic carbocycles. The van der Waals surface area contributed by atoms with Crippen molar-refractivity contribution < 1.29 is 14.3 Å². The van der Waals surface area contributed by atoms with Gasteiger partial charge in [0.15, 0.2) is 12.2 Å². The lowest BCUT2D eigenvalue weighted by Gasteiger charge is -2.31. The Bertz CT molecular complexity index is 752. The van der Waals surface area contributed by atoms with Crippen LogP contribution >= 0.6 is 0 Å². The van der Waals surface area contributed by atoms with E-state index in [1.54, 1.807) is 17.2 Å². The van der Waals surface area contributed by atoms with Crippen molar-refractivity contribution in [3.63, 3.8) is 0 Å². The van der Waals surface area contributed by atoms with Crippen LogP contribution in [-0.2, 0) is 11.2 Å². The smallest absolute Gasteiger partial charge is 0.241 e. The number of amides is 1. The van der Waals surface area contributed by atoms with Gasteiger partial charge < -0.3 is 14.4 Å². The van der Waals surface area contributed by atoms with Gasteiger partial charge in [0.1, 0.15) is 6.23 Å². The number of aliphatic hydroxyl groups is 1. The first-order valence-corrected chi connectivity index (χ1v) is 7.19. The standard InChI is InChI=1S/C16H15N3O3/c20-15-6-13-11-2-1-3-12(14-7-17-9-22-14)10(11)4-5-19(13)16(21)8-18-15/h1-3,6-7,9,15,18,20H,4-5,8H2. The molecule has 6 nitrogen and oxygen atoms in total. The molecule has 22 heavy (non-hydrogen) atoms. The number of fused-ring (bicyclic) bond motifs is 3. The van der Waals surface area contributed by atoms with Crippen LogP contribution in [0.25, 0.3) is 17.0 Å². The van der Waals surface area contributed by atoms with E-state index in [2.05, 4.69) is 10.3 Å². The monoisotopic (exact) mass is 297 g/mol. The van der Waals surface area contributed by atoms with Crippen LogP contribution in [0.5, 0.6) is 0 Å². The van der Waals surface area contributed by atoms with Gasteiger partial charge in [-0.2, -0.15) is 0 Å². The summed E-state index contributed by atoms with van der Waals surface area (Å²) in [7, 11) is 0. The Morgan fingerprint density at radius 3 is 3.05 bits per heavy atom. The lowest BCUT2D eigenvalue weighted by atomic mass is 9.91. The summed E-state index contributed by atoms with van der Waals surface area (Å²) in [6.45, 7) is 0.732. The first-order valence-electron chi connectivity index (χ1n) is 7.19. The molecule has 0 spiro atoms. The molecule has 1 unspecified atom stereocenters. The number of oxazole rings is 1. The van der Waals surface area contributed by atoms with Crippen LogP contribution in [0.1, 0.15) is 11.1 Å². The minimum Gasteiger partial charge on any atom is -0.444 e. The van der Waals surface area contributed by atoms with Crippen molar-refractivity contribution in [3.05, 3.63) is 48.0 Å². The van der Waals surface area contributed by atoms with Gasteiger partial charge in [-0.25, -0.2) is 4.98 Å². The number of rotatable bonds is 1. The molecule has 2 N–H and O–H groups in total. The average molecular weight is 297 g/mol. The first-order chi connectivity index (χ1) is 10.7. The van der Waals surface area contributed by atoms with E-state index in [1.165, 1.54) is 6.39 Å². The van der Waals surface area contributed by atoms with E-state index in [4.69, 9.17) is 4.42 Å². The van der Waals surface area contributed by atoms with Crippen molar-refractivity contribution in [1.29, 1.82) is 0 Å². The molecule has 0 fully saturated rings. The highest BCUT2D eigenvalue weighted by Gasteiger charge is 2.30. The van der Waals surface area contributed by atoms with Crippen LogP contribution < -0.4 is 5.32 Å². The minimum atomic E-state index is -0.830. The molecule has 6 heteroatoms. The maximum absolute atomic E-state index is 12.2. The number of aromatic nitrogens is 1. The third-order valence-electron chi connectivity index (χ3n) is 4.11. The van der Waals surface area contributed by atoms with Crippen LogP contribution in [0.4, 0.5) is 0 Å². The van der Waals surface area contributed by atoms with Crippen LogP contribution in [0.15, 0.2) is 41.3 Å². The normalized spacial score (nSPS) is 21.0. The van der Waals surface area contributed by atoms with Crippen molar-refractivity contribution in [2.45, 2.75) is 12.6 Å². The van der Waals surface area contributed by atoms with E-state index in [9.17, 15) is 9.90 Å². The zero-order chi connectivity index (χ0) is 15.1. The van der Waals surface area contributed by atoms with E-state index in [0.29, 0.717) is 12.3 Å². The quantitative estimate of drug-likeness (QED) is 0.820. The van der Waals surface area contributed by atoms with Crippen molar-refractivity contribution in [2.24, 2.45) is 0 Å². The third-order valence-corrected chi connectivity index (χ3v) is 4.11. The molecule has 2 aromatic rings. The maximum Gasteiger partial charge on any atom is 0.241 e. The summed E-state index contributed by atoms with van der Waals surface area (Å²) in [6, 6.07) is 5.89. The van der Waals surface area contributed by atoms with Crippen molar-refractivity contribution >= 4 is 11.6 Å². The summed E-state index contributed by atoms with van der Waals surface area (Å²) >= 11 is 0. The molecular formula is C16H15N3O3. The summed E-state index contributed by atoms with van der Waals surface area (Å²) in [5, 5.41) is 12.7. The van der Waals surface area contributed by atoms with Crippen molar-refractivity contribution in [1.82, 2.24) is 15.2 Å². The number of nitrogens with one attached hydrogen (secondary N) is 1. The zero-order valence-corrected chi connectivity index (χ0v) is 11.8. The third kappa shape index (κ3) is 2.04. The predicted octanol–water partition coefficient (Wildman–Crippen LogP) is 0.989. The van der Waals surface area contributed by atoms with Gasteiger partial charge in [-0.1, -0.05) is 18.2 Å². The van der Waals surface area contributed by atoms with Gasteiger partial charge >= 0.3 is 0 Å². The Balaban J connectivity index is 1.88. The molecule has 0 saturated heterocycles. The minimum absolute atomic E-state index is 0.0291. The van der Waals surface area contributed by atoms with E-state index < -0.39 is 6.23 Å². The van der Waals surface area contributed by atoms with Gasteiger partial charge in [0.25, 0.3) is 0 Å². The number of aliphatic hydroxyl groups excluding tert-OH is 1. The number of carbonyl (C=O) groups is 1. The van der Waals surface area contributed by atoms with Crippen LogP contribution in [0, 0.1) is 0 Å². The van der Waals surface area contributed by atoms with E-state index in [0.717, 1.165) is 28.8 Å². The topological polar surface area (TPSA) is 78.6 Å². The number of hydrogen-bond acceptors (Lipinski definition) is 5. The van der Waals surface area contributed by atoms with Crippen LogP contribution in [0.3, 0.4) is 0 Å². The van der Waals surface area contributed by atoms with Gasteiger partial charge in [0.05, 0.1) is 18.4 Å². The molecule has 2 aliphatic rings. The summed E-state index contributed by atoms with van der Waals surface area (Å²) in [5.41, 5.74) is 3.81. The molecule has 0 radical (unpaired) electrons. The second-order valence-corrected chi connectivity index (χ2v) is 5.37. The fraction of sp³-hybridized carbons (Fsp3) is 0.250. The Kier molecular flexibility index (Phi) is 3.06. The zero-order valence-electron chi connectivity index (χ0n) is 11.8. The summed E-state index contributed by atoms with van der Waals surface area (Å²) in [6.07, 6.45) is 4.69. The van der Waals surface area contributed by atoms with Gasteiger partial charge in [-0.3, -0.25) is 10.1 Å². The van der Waals surface area contributed by atoms with Crippen LogP contribution in [0.2, 0.25) is 0 Å². The van der Waals surface area contributed by atoms with E-state index >= 15 is 0 Å². The Morgan fingerprint density at radius 2 is 2.23 bits per heavy atom. The summed E-state index contributed by atoms with van der Waals surface area (Å²) < 4.78 is 5.42. The largest absolute Gasteiger partial charge is 0.444 e. The second-order valence-electron chi connectivity index (χ2n) is 5.37. The SMILES string of the molecule is O=C1CNC(O)C=C2c3cccc(-c4cnco4)c3CCN12. The molecule has 3 heterocycles. The number of nitrogens with zero attached hydrogens (tertiary/aromatic N) is 2. The predicted molar refractivity (Wildman–Crippen MR) is 79.3 cm³/mol. The fourth-order valence-electron chi connectivity index (χ4n) is 3.10. The van der Waals surface area contributed by atoms with E-state index in [-0.39, 0.29) is 12.5 Å². The molecule has 112 valence electrons. The molecular weight excluding hydrogens is 282 g/mol. The molecule has 1 atom stereocenters. The molecule has 0 saturated carbocycles. The number of carbonyl (C=O) groups excluding carboxylic acids is 1. The molecule has 4 rings (SSSR count). The average Bonchev–Trinajstić information content (AvgIpc) is 3.01. The number of benzene rings is 1. The van der Waals surface area contributed by atoms with Crippen molar-refractivity contribution in [3.8, 4) is 11.3 Å². The van der Waals surface area contributed by atoms with Gasteiger partial charge in [0, 0.05) is 17.7 Å². The summed E-state index contributed by atoms with van der Waals surface area (Å²) in [4.78, 5) is 17.9. The van der Waals surface area contributed by atoms with Gasteiger partial charge in [-0.05, 0) is 18.1 Å². The first kappa shape index (κ1) is 13.2. The molecule has 0 aliphatic carbocycles. The Labute approximate surface area is 127 Å². The highest BCUT2D eigenvalue weighted by molar-refractivity contribution is 5.91. The highest BCUT2D eigenvalue weighted by Crippen LogP contribution is 2.36. The lowest BCUT2D eigenvalue weighted by Crippen LogP contribution is -2.39. The van der Waals surface area contributed by atoms with Gasteiger partial charge in [0.2, 0.25) is 5.91 Å². The molecule has 1 aromatic heterocycles. The van der Waals surface area contributed by atoms with Crippen LogP contribution in [-0.4, -0.2) is 40.2 Å². The fourth-order valence-corrected chi connectivity index (χ4v) is 3.10. The Morgan fingerprint density at radius 1 is 1.36 bits per heavy atom. The number of hydrogen-bond donors (Lipinski definition) is 2. The summed E-state index contributed by atoms with van der Waals surface area (Å²) in [5.74, 6) is 0.683. The lowest BCUT2D eigenvalue weighted by molar-refractivity contribution is -0.127. The molecule has 0 bridgehead atoms. The molecule has 1 amide bonds. The highest BCUT2D eigenvalue weighted by atomic mass is 16.3. The second kappa shape index (κ2) is 5.08. The Hall–Kier alpha value is -2.44. The van der Waals surface area contributed by atoms with Crippen molar-refractivity contribution in [2.75, 3.05) is 13.1 Å². The maximum atomic E-state index is 12.2. The molecule has 2 aliphatic heterocycles.